The molecule has 21 heavy (non-hydrogen) atoms. The molecule has 0 radical (unpaired) electrons. The second-order valence-corrected chi connectivity index (χ2v) is 5.63. The van der Waals surface area contributed by atoms with Crippen LogP contribution in [0.2, 0.25) is 0 Å². The number of carbonyl (C=O) groups is 2. The second-order valence-electron chi connectivity index (χ2n) is 5.63. The Kier molecular flexibility index (Phi) is 4.77. The van der Waals surface area contributed by atoms with Gasteiger partial charge in [0.1, 0.15) is 6.04 Å². The van der Waals surface area contributed by atoms with Crippen LogP contribution >= 0.6 is 0 Å². The molecule has 2 rings (SSSR count). The zero-order chi connectivity index (χ0) is 15.4. The Bertz CT molecular complexity index is 506. The lowest BCUT2D eigenvalue weighted by Crippen LogP contribution is -2.53. The predicted octanol–water partition coefficient (Wildman–Crippen LogP) is 2.04. The highest BCUT2D eigenvalue weighted by molar-refractivity contribution is 5.83. The molecular formula is C15H21N3O3. The molecule has 114 valence electrons. The van der Waals surface area contributed by atoms with Crippen molar-refractivity contribution in [1.29, 1.82) is 0 Å². The quantitative estimate of drug-likeness (QED) is 0.892. The van der Waals surface area contributed by atoms with Crippen LogP contribution in [0.15, 0.2) is 24.5 Å². The van der Waals surface area contributed by atoms with Crippen molar-refractivity contribution in [3.05, 3.63) is 30.1 Å². The average Bonchev–Trinajstić information content (AvgIpc) is 2.47. The number of urea groups is 1. The zero-order valence-corrected chi connectivity index (χ0v) is 12.3. The monoisotopic (exact) mass is 291 g/mol. The van der Waals surface area contributed by atoms with Crippen molar-refractivity contribution in [2.45, 2.75) is 38.8 Å². The number of aromatic nitrogens is 1. The van der Waals surface area contributed by atoms with Crippen LogP contribution in [-0.2, 0) is 4.79 Å². The van der Waals surface area contributed by atoms with Crippen LogP contribution in [0.25, 0.3) is 0 Å². The maximum Gasteiger partial charge on any atom is 0.326 e. The summed E-state index contributed by atoms with van der Waals surface area (Å²) in [4.78, 5) is 29.0. The van der Waals surface area contributed by atoms with Gasteiger partial charge in [-0.15, -0.1) is 0 Å². The summed E-state index contributed by atoms with van der Waals surface area (Å²) in [6.07, 6.45) is 4.68. The van der Waals surface area contributed by atoms with Gasteiger partial charge in [0, 0.05) is 18.9 Å². The highest BCUT2D eigenvalue weighted by atomic mass is 16.4. The summed E-state index contributed by atoms with van der Waals surface area (Å²) in [5.41, 5.74) is 0.940. The molecule has 1 aliphatic rings. The fourth-order valence-electron chi connectivity index (χ4n) is 2.62. The van der Waals surface area contributed by atoms with Gasteiger partial charge >= 0.3 is 12.0 Å². The van der Waals surface area contributed by atoms with Crippen LogP contribution in [0.5, 0.6) is 0 Å². The molecule has 1 aromatic rings. The number of carboxylic acids is 1. The van der Waals surface area contributed by atoms with E-state index >= 15 is 0 Å². The summed E-state index contributed by atoms with van der Waals surface area (Å²) in [5.74, 6) is -0.610. The lowest BCUT2D eigenvalue weighted by molar-refractivity contribution is -0.143. The predicted molar refractivity (Wildman–Crippen MR) is 77.7 cm³/mol. The first-order valence-corrected chi connectivity index (χ1v) is 7.19. The van der Waals surface area contributed by atoms with Crippen LogP contribution in [0.3, 0.4) is 0 Å². The van der Waals surface area contributed by atoms with E-state index in [1.54, 1.807) is 12.4 Å². The SMILES string of the molecule is CC1CCN(C(=O)NC(C)c2ccncc2)C(C(=O)O)C1. The van der Waals surface area contributed by atoms with Gasteiger partial charge in [0.05, 0.1) is 6.04 Å². The van der Waals surface area contributed by atoms with E-state index < -0.39 is 12.0 Å². The molecule has 3 unspecified atom stereocenters. The Labute approximate surface area is 124 Å². The largest absolute Gasteiger partial charge is 0.480 e. The van der Waals surface area contributed by atoms with Crippen molar-refractivity contribution < 1.29 is 14.7 Å². The molecule has 0 aromatic carbocycles. The Morgan fingerprint density at radius 1 is 1.43 bits per heavy atom. The highest BCUT2D eigenvalue weighted by Gasteiger charge is 2.35. The molecule has 2 N–H and O–H groups in total. The molecule has 3 atom stereocenters. The Morgan fingerprint density at radius 3 is 2.71 bits per heavy atom. The minimum Gasteiger partial charge on any atom is -0.480 e. The van der Waals surface area contributed by atoms with E-state index in [-0.39, 0.29) is 12.1 Å². The molecule has 2 amide bonds. The maximum absolute atomic E-state index is 12.3. The molecule has 0 spiro atoms. The zero-order valence-electron chi connectivity index (χ0n) is 12.3. The van der Waals surface area contributed by atoms with Crippen molar-refractivity contribution in [2.24, 2.45) is 5.92 Å². The summed E-state index contributed by atoms with van der Waals surface area (Å²) in [5, 5.41) is 12.2. The van der Waals surface area contributed by atoms with Crippen molar-refractivity contribution in [1.82, 2.24) is 15.2 Å². The van der Waals surface area contributed by atoms with Gasteiger partial charge < -0.3 is 15.3 Å². The van der Waals surface area contributed by atoms with Crippen molar-refractivity contribution in [3.63, 3.8) is 0 Å². The maximum atomic E-state index is 12.3. The number of nitrogens with one attached hydrogen (secondary N) is 1. The summed E-state index contributed by atoms with van der Waals surface area (Å²) < 4.78 is 0. The van der Waals surface area contributed by atoms with E-state index in [0.29, 0.717) is 18.9 Å². The van der Waals surface area contributed by atoms with E-state index in [1.807, 2.05) is 26.0 Å². The highest BCUT2D eigenvalue weighted by Crippen LogP contribution is 2.23. The molecule has 1 fully saturated rings. The molecule has 1 aliphatic heterocycles. The average molecular weight is 291 g/mol. The smallest absolute Gasteiger partial charge is 0.326 e. The second kappa shape index (κ2) is 6.56. The van der Waals surface area contributed by atoms with Gasteiger partial charge in [-0.25, -0.2) is 9.59 Å². The molecule has 0 aliphatic carbocycles. The minimum atomic E-state index is -0.937. The lowest BCUT2D eigenvalue weighted by atomic mass is 9.93. The number of pyridine rings is 1. The molecule has 6 nitrogen and oxygen atoms in total. The normalized spacial score (nSPS) is 23.4. The van der Waals surface area contributed by atoms with Crippen LogP contribution in [0.4, 0.5) is 4.79 Å². The first-order valence-electron chi connectivity index (χ1n) is 7.19. The number of aliphatic carboxylic acids is 1. The van der Waals surface area contributed by atoms with Crippen molar-refractivity contribution >= 4 is 12.0 Å². The van der Waals surface area contributed by atoms with Crippen LogP contribution in [0, 0.1) is 5.92 Å². The molecule has 6 heteroatoms. The van der Waals surface area contributed by atoms with Gasteiger partial charge in [0.2, 0.25) is 0 Å². The molecule has 1 saturated heterocycles. The van der Waals surface area contributed by atoms with Gasteiger partial charge in [-0.1, -0.05) is 6.92 Å². The fraction of sp³-hybridized carbons (Fsp3) is 0.533. The van der Waals surface area contributed by atoms with Gasteiger partial charge in [0.15, 0.2) is 0 Å². The van der Waals surface area contributed by atoms with E-state index in [1.165, 1.54) is 4.90 Å². The van der Waals surface area contributed by atoms with Crippen LogP contribution in [-0.4, -0.2) is 39.6 Å². The van der Waals surface area contributed by atoms with Gasteiger partial charge in [-0.05, 0) is 43.4 Å². The Morgan fingerprint density at radius 2 is 2.10 bits per heavy atom. The number of amides is 2. The van der Waals surface area contributed by atoms with Crippen LogP contribution < -0.4 is 5.32 Å². The first kappa shape index (κ1) is 15.3. The number of carboxylic acid groups (broad SMARTS) is 1. The molecular weight excluding hydrogens is 270 g/mol. The summed E-state index contributed by atoms with van der Waals surface area (Å²) in [7, 11) is 0. The molecule has 2 heterocycles. The van der Waals surface area contributed by atoms with Gasteiger partial charge in [0.25, 0.3) is 0 Å². The molecule has 0 bridgehead atoms. The van der Waals surface area contributed by atoms with E-state index in [2.05, 4.69) is 10.3 Å². The van der Waals surface area contributed by atoms with Crippen LogP contribution in [0.1, 0.15) is 38.3 Å². The number of carbonyl (C=O) groups excluding carboxylic acids is 1. The Balaban J connectivity index is 2.03. The first-order chi connectivity index (χ1) is 9.99. The number of rotatable bonds is 3. The molecule has 0 saturated carbocycles. The minimum absolute atomic E-state index is 0.186. The lowest BCUT2D eigenvalue weighted by Gasteiger charge is -2.36. The third kappa shape index (κ3) is 3.71. The van der Waals surface area contributed by atoms with Crippen molar-refractivity contribution in [3.8, 4) is 0 Å². The topological polar surface area (TPSA) is 82.5 Å². The van der Waals surface area contributed by atoms with E-state index in [0.717, 1.165) is 12.0 Å². The summed E-state index contributed by atoms with van der Waals surface area (Å²) in [6.45, 7) is 4.37. The van der Waals surface area contributed by atoms with E-state index in [4.69, 9.17) is 0 Å². The van der Waals surface area contributed by atoms with Gasteiger partial charge in [-0.2, -0.15) is 0 Å². The fourth-order valence-corrected chi connectivity index (χ4v) is 2.62. The standard InChI is InChI=1S/C15H21N3O3/c1-10-5-8-18(13(9-10)14(19)20)15(21)17-11(2)12-3-6-16-7-4-12/h3-4,6-7,10-11,13H,5,8-9H2,1-2H3,(H,17,21)(H,19,20). The number of hydrogen-bond donors (Lipinski definition) is 2. The summed E-state index contributed by atoms with van der Waals surface area (Å²) >= 11 is 0. The number of piperidine rings is 1. The Hall–Kier alpha value is -2.11. The van der Waals surface area contributed by atoms with Crippen molar-refractivity contribution in [2.75, 3.05) is 6.54 Å². The number of nitrogens with zero attached hydrogens (tertiary/aromatic N) is 2. The van der Waals surface area contributed by atoms with Gasteiger partial charge in [-0.3, -0.25) is 4.98 Å². The summed E-state index contributed by atoms with van der Waals surface area (Å²) in [6, 6.07) is 2.42. The number of hydrogen-bond acceptors (Lipinski definition) is 3. The molecule has 1 aromatic heterocycles. The third-order valence-electron chi connectivity index (χ3n) is 3.96. The third-order valence-corrected chi connectivity index (χ3v) is 3.96. The number of likely N-dealkylation sites (tertiary alicyclic amines) is 1. The van der Waals surface area contributed by atoms with E-state index in [9.17, 15) is 14.7 Å².